The first-order valence-corrected chi connectivity index (χ1v) is 8.74. The molecule has 0 saturated heterocycles. The first-order valence-electron chi connectivity index (χ1n) is 8.74. The van der Waals surface area contributed by atoms with Crippen molar-refractivity contribution in [3.05, 3.63) is 40.0 Å². The lowest BCUT2D eigenvalue weighted by Crippen LogP contribution is -2.53. The van der Waals surface area contributed by atoms with Gasteiger partial charge < -0.3 is 9.84 Å². The molecule has 0 aromatic heterocycles. The largest absolute Gasteiger partial charge is 0.376 e. The van der Waals surface area contributed by atoms with Gasteiger partial charge in [0.2, 0.25) is 0 Å². The molecule has 1 N–H and O–H groups in total. The number of ketones is 1. The monoisotopic (exact) mass is 328 g/mol. The number of rotatable bonds is 2. The summed E-state index contributed by atoms with van der Waals surface area (Å²) < 4.78 is 5.57. The number of ether oxygens (including phenoxy) is 1. The van der Waals surface area contributed by atoms with Crippen molar-refractivity contribution in [2.45, 2.75) is 65.1 Å². The summed E-state index contributed by atoms with van der Waals surface area (Å²) in [5, 5.41) is 11.8. The van der Waals surface area contributed by atoms with Crippen LogP contribution in [0.15, 0.2) is 17.7 Å². The Hall–Kier alpha value is -1.45. The molecule has 0 aliphatic heterocycles. The molecule has 1 aromatic carbocycles. The third kappa shape index (κ3) is 2.14. The molecule has 0 saturated carbocycles. The number of methoxy groups -OCH3 is 1. The van der Waals surface area contributed by atoms with Gasteiger partial charge in [-0.05, 0) is 62.8 Å². The highest BCUT2D eigenvalue weighted by atomic mass is 16.5. The van der Waals surface area contributed by atoms with Gasteiger partial charge in [-0.2, -0.15) is 0 Å². The van der Waals surface area contributed by atoms with E-state index in [1.807, 2.05) is 39.8 Å². The topological polar surface area (TPSA) is 46.5 Å². The molecule has 1 atom stereocenters. The van der Waals surface area contributed by atoms with Crippen LogP contribution in [0.3, 0.4) is 0 Å². The molecule has 0 heterocycles. The Morgan fingerprint density at radius 2 is 1.92 bits per heavy atom. The van der Waals surface area contributed by atoms with E-state index in [2.05, 4.69) is 13.0 Å². The predicted octanol–water partition coefficient (Wildman–Crippen LogP) is 3.94. The summed E-state index contributed by atoms with van der Waals surface area (Å²) in [6.45, 7) is 9.84. The first kappa shape index (κ1) is 17.4. The SMILES string of the molecule is COC(C)(C)C1=Cc2ccc(C)c3c2[C@@](O)(C1=O)C(C)(C)CCC3. The lowest BCUT2D eigenvalue weighted by Gasteiger charge is -2.46. The quantitative estimate of drug-likeness (QED) is 0.894. The number of aliphatic hydroxyl groups is 1. The minimum Gasteiger partial charge on any atom is -0.376 e. The Labute approximate surface area is 144 Å². The van der Waals surface area contributed by atoms with Crippen LogP contribution in [-0.2, 0) is 21.6 Å². The zero-order valence-corrected chi connectivity index (χ0v) is 15.6. The predicted molar refractivity (Wildman–Crippen MR) is 95.9 cm³/mol. The Balaban J connectivity index is 2.40. The maximum absolute atomic E-state index is 13.5. The molecule has 0 spiro atoms. The lowest BCUT2D eigenvalue weighted by atomic mass is 9.61. The zero-order chi connectivity index (χ0) is 17.9. The Morgan fingerprint density at radius 3 is 2.54 bits per heavy atom. The van der Waals surface area contributed by atoms with E-state index in [4.69, 9.17) is 4.74 Å². The minimum absolute atomic E-state index is 0.208. The minimum atomic E-state index is -1.50. The van der Waals surface area contributed by atoms with Crippen molar-refractivity contribution in [1.82, 2.24) is 0 Å². The van der Waals surface area contributed by atoms with E-state index in [0.717, 1.165) is 41.5 Å². The van der Waals surface area contributed by atoms with E-state index in [1.165, 1.54) is 0 Å². The van der Waals surface area contributed by atoms with Crippen LogP contribution >= 0.6 is 0 Å². The van der Waals surface area contributed by atoms with Crippen molar-refractivity contribution in [1.29, 1.82) is 0 Å². The highest BCUT2D eigenvalue weighted by Gasteiger charge is 2.57. The fourth-order valence-corrected chi connectivity index (χ4v) is 4.26. The number of carbonyl (C=O) groups is 1. The van der Waals surface area contributed by atoms with Gasteiger partial charge in [0.05, 0.1) is 5.60 Å². The summed E-state index contributed by atoms with van der Waals surface area (Å²) in [6, 6.07) is 4.12. The Kier molecular flexibility index (Phi) is 3.82. The molecule has 3 nitrogen and oxygen atoms in total. The second-order valence-electron chi connectivity index (χ2n) is 8.37. The van der Waals surface area contributed by atoms with Gasteiger partial charge in [0.15, 0.2) is 11.4 Å². The maximum atomic E-state index is 13.5. The molecule has 0 radical (unpaired) electrons. The molecule has 0 fully saturated rings. The van der Waals surface area contributed by atoms with Crippen LogP contribution in [0.4, 0.5) is 0 Å². The number of aryl methyl sites for hydroxylation is 1. The van der Waals surface area contributed by atoms with Gasteiger partial charge in [0.1, 0.15) is 0 Å². The van der Waals surface area contributed by atoms with Crippen molar-refractivity contribution in [2.24, 2.45) is 5.41 Å². The molecular weight excluding hydrogens is 300 g/mol. The van der Waals surface area contributed by atoms with Crippen molar-refractivity contribution >= 4 is 11.9 Å². The van der Waals surface area contributed by atoms with Gasteiger partial charge in [0.25, 0.3) is 0 Å². The van der Waals surface area contributed by atoms with E-state index in [9.17, 15) is 9.90 Å². The lowest BCUT2D eigenvalue weighted by molar-refractivity contribution is -0.152. The molecular formula is C21H28O3. The number of benzene rings is 1. The zero-order valence-electron chi connectivity index (χ0n) is 15.6. The van der Waals surface area contributed by atoms with Crippen LogP contribution in [0.25, 0.3) is 6.08 Å². The number of carbonyl (C=O) groups excluding carboxylic acids is 1. The van der Waals surface area contributed by atoms with Crippen LogP contribution in [-0.4, -0.2) is 23.6 Å². The molecule has 0 amide bonds. The summed E-state index contributed by atoms with van der Waals surface area (Å²) >= 11 is 0. The van der Waals surface area contributed by atoms with Crippen molar-refractivity contribution in [2.75, 3.05) is 7.11 Å². The fraction of sp³-hybridized carbons (Fsp3) is 0.571. The molecule has 3 heteroatoms. The van der Waals surface area contributed by atoms with Crippen LogP contribution in [0.5, 0.6) is 0 Å². The highest BCUT2D eigenvalue weighted by Crippen LogP contribution is 2.53. The van der Waals surface area contributed by atoms with Crippen molar-refractivity contribution in [3.63, 3.8) is 0 Å². The average molecular weight is 328 g/mol. The maximum Gasteiger partial charge on any atom is 0.198 e. The van der Waals surface area contributed by atoms with Crippen molar-refractivity contribution < 1.29 is 14.6 Å². The van der Waals surface area contributed by atoms with Crippen molar-refractivity contribution in [3.8, 4) is 0 Å². The molecule has 130 valence electrons. The van der Waals surface area contributed by atoms with Crippen LogP contribution in [0.1, 0.15) is 62.8 Å². The second-order valence-corrected chi connectivity index (χ2v) is 8.37. The number of hydrogen-bond acceptors (Lipinski definition) is 3. The number of hydrogen-bond donors (Lipinski definition) is 1. The van der Waals surface area contributed by atoms with E-state index in [-0.39, 0.29) is 5.78 Å². The smallest absolute Gasteiger partial charge is 0.198 e. The Bertz CT molecular complexity index is 740. The van der Waals surface area contributed by atoms with Gasteiger partial charge in [-0.3, -0.25) is 4.79 Å². The summed E-state index contributed by atoms with van der Waals surface area (Å²) in [4.78, 5) is 13.5. The molecule has 3 rings (SSSR count). The third-order valence-corrected chi connectivity index (χ3v) is 6.18. The van der Waals surface area contributed by atoms with E-state index >= 15 is 0 Å². The third-order valence-electron chi connectivity index (χ3n) is 6.18. The second kappa shape index (κ2) is 5.27. The summed E-state index contributed by atoms with van der Waals surface area (Å²) in [5.74, 6) is -0.208. The highest BCUT2D eigenvalue weighted by molar-refractivity contribution is 6.10. The molecule has 2 aliphatic carbocycles. The molecule has 1 aromatic rings. The average Bonchev–Trinajstić information content (AvgIpc) is 2.62. The van der Waals surface area contributed by atoms with Gasteiger partial charge in [-0.1, -0.05) is 26.0 Å². The first-order chi connectivity index (χ1) is 11.1. The van der Waals surface area contributed by atoms with Gasteiger partial charge >= 0.3 is 0 Å². The van der Waals surface area contributed by atoms with Gasteiger partial charge in [-0.15, -0.1) is 0 Å². The van der Waals surface area contributed by atoms with E-state index < -0.39 is 16.6 Å². The molecule has 2 aliphatic rings. The Morgan fingerprint density at radius 1 is 1.25 bits per heavy atom. The summed E-state index contributed by atoms with van der Waals surface area (Å²) in [5.41, 5.74) is 1.85. The molecule has 0 unspecified atom stereocenters. The van der Waals surface area contributed by atoms with E-state index in [0.29, 0.717) is 5.57 Å². The molecule has 0 bridgehead atoms. The van der Waals surface area contributed by atoms with Gasteiger partial charge in [0, 0.05) is 23.7 Å². The fourth-order valence-electron chi connectivity index (χ4n) is 4.26. The van der Waals surface area contributed by atoms with Crippen LogP contribution < -0.4 is 0 Å². The standard InChI is InChI=1S/C21H28O3/c1-13-9-10-14-12-16(20(4,5)24-6)18(22)21(23)17(14)15(13)8-7-11-19(21,2)3/h9-10,12,23H,7-8,11H2,1-6H3/t21-/m1/s1. The number of Topliss-reactive ketones (excluding diaryl/α,β-unsaturated/α-hetero) is 1. The van der Waals surface area contributed by atoms with E-state index in [1.54, 1.807) is 7.11 Å². The van der Waals surface area contributed by atoms with Crippen LogP contribution in [0.2, 0.25) is 0 Å². The van der Waals surface area contributed by atoms with Gasteiger partial charge in [-0.25, -0.2) is 0 Å². The normalized spacial score (nSPS) is 25.8. The summed E-state index contributed by atoms with van der Waals surface area (Å²) in [6.07, 6.45) is 4.61. The summed E-state index contributed by atoms with van der Waals surface area (Å²) in [7, 11) is 1.60. The van der Waals surface area contributed by atoms with Crippen LogP contribution in [0, 0.1) is 12.3 Å². The molecule has 24 heavy (non-hydrogen) atoms.